The minimum absolute atomic E-state index is 0.143. The molecule has 2 aliphatic rings. The summed E-state index contributed by atoms with van der Waals surface area (Å²) in [6.45, 7) is 6.25. The largest absolute Gasteiger partial charge is 0.478 e. The molecule has 0 radical (unpaired) electrons. The van der Waals surface area contributed by atoms with E-state index < -0.39 is 5.97 Å². The number of fused-ring (bicyclic) bond motifs is 2. The fourth-order valence-corrected chi connectivity index (χ4v) is 6.33. The van der Waals surface area contributed by atoms with Crippen LogP contribution in [0.1, 0.15) is 58.4 Å². The van der Waals surface area contributed by atoms with Crippen molar-refractivity contribution < 1.29 is 23.8 Å². The van der Waals surface area contributed by atoms with E-state index in [1.54, 1.807) is 18.2 Å². The van der Waals surface area contributed by atoms with Gasteiger partial charge in [-0.25, -0.2) is 14.8 Å². The highest BCUT2D eigenvalue weighted by Crippen LogP contribution is 2.32. The number of carboxylic acids is 1. The van der Waals surface area contributed by atoms with Gasteiger partial charge in [0.05, 0.1) is 40.8 Å². The predicted molar refractivity (Wildman–Crippen MR) is 163 cm³/mol. The lowest BCUT2D eigenvalue weighted by atomic mass is 9.93. The number of aromatic carboxylic acids is 1. The maximum Gasteiger partial charge on any atom is 0.335 e. The molecule has 2 aliphatic heterocycles. The van der Waals surface area contributed by atoms with Crippen molar-refractivity contribution in [3.63, 3.8) is 0 Å². The van der Waals surface area contributed by atoms with Crippen LogP contribution in [0.5, 0.6) is 5.88 Å². The molecule has 5 heterocycles. The van der Waals surface area contributed by atoms with E-state index in [9.17, 15) is 9.90 Å². The summed E-state index contributed by atoms with van der Waals surface area (Å²) in [7, 11) is 0. The highest BCUT2D eigenvalue weighted by atomic mass is 35.5. The predicted octanol–water partition coefficient (Wildman–Crippen LogP) is 6.59. The van der Waals surface area contributed by atoms with Crippen LogP contribution in [-0.4, -0.2) is 56.3 Å². The Morgan fingerprint density at radius 3 is 2.70 bits per heavy atom. The van der Waals surface area contributed by atoms with Crippen LogP contribution in [0.2, 0.25) is 5.02 Å². The van der Waals surface area contributed by atoms with Crippen molar-refractivity contribution in [3.8, 4) is 5.88 Å². The number of hydrogen-bond acceptors (Lipinski definition) is 7. The molecule has 1 N–H and O–H groups in total. The first-order valence-electron chi connectivity index (χ1n) is 14.7. The first kappa shape index (κ1) is 27.9. The molecule has 43 heavy (non-hydrogen) atoms. The van der Waals surface area contributed by atoms with Gasteiger partial charge in [0.2, 0.25) is 5.88 Å². The second-order valence-corrected chi connectivity index (χ2v) is 11.9. The number of pyridine rings is 1. The summed E-state index contributed by atoms with van der Waals surface area (Å²) in [5.74, 6) is 1.76. The normalized spacial score (nSPS) is 17.9. The fraction of sp³-hybridized carbons (Fsp3) is 0.364. The number of ether oxygens (including phenoxy) is 2. The van der Waals surface area contributed by atoms with Gasteiger partial charge in [-0.15, -0.1) is 0 Å². The molecule has 5 aromatic rings. The maximum absolute atomic E-state index is 11.6. The Bertz CT molecular complexity index is 1800. The molecule has 222 valence electrons. The van der Waals surface area contributed by atoms with Crippen LogP contribution in [0, 0.1) is 6.92 Å². The third-order valence-electron chi connectivity index (χ3n) is 8.58. The molecule has 2 fully saturated rings. The number of imidazole rings is 1. The van der Waals surface area contributed by atoms with Crippen LogP contribution in [0.25, 0.3) is 22.0 Å². The van der Waals surface area contributed by atoms with E-state index in [1.807, 2.05) is 37.3 Å². The molecule has 1 unspecified atom stereocenters. The number of nitrogens with zero attached hydrogens (tertiary/aromatic N) is 4. The topological polar surface area (TPSA) is 103 Å². The zero-order valence-electron chi connectivity index (χ0n) is 24.0. The van der Waals surface area contributed by atoms with E-state index >= 15 is 0 Å². The molecule has 7 rings (SSSR count). The molecule has 0 spiro atoms. The number of likely N-dealkylation sites (tertiary alicyclic amines) is 1. The maximum atomic E-state index is 11.6. The van der Waals surface area contributed by atoms with Crippen LogP contribution in [-0.2, 0) is 24.4 Å². The molecule has 9 nitrogen and oxygen atoms in total. The summed E-state index contributed by atoms with van der Waals surface area (Å²) >= 11 is 6.35. The first-order chi connectivity index (χ1) is 20.9. The smallest absolute Gasteiger partial charge is 0.335 e. The van der Waals surface area contributed by atoms with E-state index in [4.69, 9.17) is 35.5 Å². The van der Waals surface area contributed by atoms with Crippen molar-refractivity contribution in [3.05, 3.63) is 88.0 Å². The molecule has 0 aliphatic carbocycles. The molecule has 1 atom stereocenters. The van der Waals surface area contributed by atoms with Crippen LogP contribution < -0.4 is 4.74 Å². The molecule has 0 amide bonds. The van der Waals surface area contributed by atoms with E-state index in [-0.39, 0.29) is 11.7 Å². The highest BCUT2D eigenvalue weighted by molar-refractivity contribution is 6.35. The lowest BCUT2D eigenvalue weighted by molar-refractivity contribution is -0.0592. The summed E-state index contributed by atoms with van der Waals surface area (Å²) in [5.41, 5.74) is 4.67. The Morgan fingerprint density at radius 1 is 1.09 bits per heavy atom. The van der Waals surface area contributed by atoms with Crippen molar-refractivity contribution >= 4 is 39.6 Å². The number of carboxylic acid groups (broad SMARTS) is 1. The zero-order chi connectivity index (χ0) is 29.5. The van der Waals surface area contributed by atoms with Gasteiger partial charge in [-0.1, -0.05) is 23.7 Å². The molecule has 3 aromatic heterocycles. The third kappa shape index (κ3) is 5.72. The lowest BCUT2D eigenvalue weighted by Crippen LogP contribution is -2.35. The summed E-state index contributed by atoms with van der Waals surface area (Å²) in [4.78, 5) is 23.8. The molecular weight excluding hydrogens is 568 g/mol. The molecule has 0 bridgehead atoms. The van der Waals surface area contributed by atoms with E-state index in [0.29, 0.717) is 36.5 Å². The van der Waals surface area contributed by atoms with Crippen LogP contribution in [0.4, 0.5) is 0 Å². The minimum Gasteiger partial charge on any atom is -0.478 e. The van der Waals surface area contributed by atoms with Crippen molar-refractivity contribution in [1.29, 1.82) is 0 Å². The monoisotopic (exact) mass is 600 g/mol. The number of benzene rings is 2. The average molecular weight is 601 g/mol. The Morgan fingerprint density at radius 2 is 1.93 bits per heavy atom. The minimum atomic E-state index is -0.934. The van der Waals surface area contributed by atoms with Gasteiger partial charge in [0.25, 0.3) is 0 Å². The van der Waals surface area contributed by atoms with Gasteiger partial charge < -0.3 is 23.6 Å². The number of furan rings is 1. The second kappa shape index (κ2) is 11.6. The number of halogens is 1. The van der Waals surface area contributed by atoms with Crippen molar-refractivity contribution in [2.75, 3.05) is 19.7 Å². The number of aromatic nitrogens is 3. The molecular formula is C33H33ClN4O5. The number of carbonyl (C=O) groups is 1. The SMILES string of the molecule is Cc1cc2c(Cl)ccc(COc3cccc(C4CCN(Cc5nc6ccc(C(=O)O)cc6n5CC5CCO5)CC4)n3)c2o1. The van der Waals surface area contributed by atoms with Gasteiger partial charge in [-0.05, 0) is 75.7 Å². The first-order valence-corrected chi connectivity index (χ1v) is 15.1. The lowest BCUT2D eigenvalue weighted by Gasteiger charge is -2.32. The van der Waals surface area contributed by atoms with Gasteiger partial charge in [0, 0.05) is 35.2 Å². The van der Waals surface area contributed by atoms with Gasteiger partial charge in [-0.2, -0.15) is 0 Å². The van der Waals surface area contributed by atoms with E-state index in [2.05, 4.69) is 15.5 Å². The van der Waals surface area contributed by atoms with E-state index in [1.165, 1.54) is 0 Å². The van der Waals surface area contributed by atoms with Gasteiger partial charge in [-0.3, -0.25) is 4.90 Å². The summed E-state index contributed by atoms with van der Waals surface area (Å²) in [6.07, 6.45) is 3.11. The standard InChI is InChI=1S/C33H33ClN4O5/c1-20-15-25-26(34)7-5-23(32(25)43-20)19-42-31-4-2-3-27(36-31)21-9-12-37(13-10-21)18-30-35-28-8-6-22(33(39)40)16-29(28)38(30)17-24-11-14-41-24/h2-8,15-16,21,24H,9-14,17-19H2,1H3,(H,39,40). The van der Waals surface area contributed by atoms with Gasteiger partial charge in [0.1, 0.15) is 23.8 Å². The molecule has 10 heteroatoms. The van der Waals surface area contributed by atoms with Crippen molar-refractivity contribution in [2.45, 2.75) is 57.9 Å². The van der Waals surface area contributed by atoms with Crippen LogP contribution in [0.15, 0.2) is 59.0 Å². The summed E-state index contributed by atoms with van der Waals surface area (Å²) in [5, 5.41) is 11.1. The molecule has 0 saturated carbocycles. The summed E-state index contributed by atoms with van der Waals surface area (Å²) < 4.78 is 19.9. The zero-order valence-corrected chi connectivity index (χ0v) is 24.7. The number of piperidine rings is 1. The Kier molecular flexibility index (Phi) is 7.55. The van der Waals surface area contributed by atoms with E-state index in [0.717, 1.165) is 83.8 Å². The molecule has 2 aromatic carbocycles. The fourth-order valence-electron chi connectivity index (χ4n) is 6.12. The Hall–Kier alpha value is -3.92. The number of hydrogen-bond donors (Lipinski definition) is 1. The van der Waals surface area contributed by atoms with Crippen LogP contribution >= 0.6 is 11.6 Å². The van der Waals surface area contributed by atoms with Crippen LogP contribution in [0.3, 0.4) is 0 Å². The molecule has 2 saturated heterocycles. The van der Waals surface area contributed by atoms with Gasteiger partial charge in [0.15, 0.2) is 0 Å². The Labute approximate surface area is 254 Å². The number of aryl methyl sites for hydroxylation is 1. The van der Waals surface area contributed by atoms with Gasteiger partial charge >= 0.3 is 5.97 Å². The average Bonchev–Trinajstić information content (AvgIpc) is 3.55. The third-order valence-corrected chi connectivity index (χ3v) is 8.91. The van der Waals surface area contributed by atoms with Crippen molar-refractivity contribution in [1.82, 2.24) is 19.4 Å². The van der Waals surface area contributed by atoms with Crippen molar-refractivity contribution in [2.24, 2.45) is 0 Å². The number of rotatable bonds is 9. The second-order valence-electron chi connectivity index (χ2n) is 11.5. The summed E-state index contributed by atoms with van der Waals surface area (Å²) in [6, 6.07) is 16.9. The Balaban J connectivity index is 1.01. The highest BCUT2D eigenvalue weighted by Gasteiger charge is 2.26. The quantitative estimate of drug-likeness (QED) is 0.202.